The molecule has 0 spiro atoms. The lowest BCUT2D eigenvalue weighted by Crippen LogP contribution is -2.19. The number of hydrogen-bond donors (Lipinski definition) is 1. The van der Waals surface area contributed by atoms with E-state index < -0.39 is 0 Å². The second-order valence-corrected chi connectivity index (χ2v) is 4.49. The average molecular weight is 267 g/mol. The van der Waals surface area contributed by atoms with Crippen molar-refractivity contribution in [2.75, 3.05) is 7.05 Å². The number of nitrogens with zero attached hydrogens (tertiary/aromatic N) is 1. The van der Waals surface area contributed by atoms with E-state index in [9.17, 15) is 0 Å². The van der Waals surface area contributed by atoms with Gasteiger partial charge in [0.2, 0.25) is 0 Å². The Labute approximate surface area is 111 Å². The van der Waals surface area contributed by atoms with E-state index in [0.29, 0.717) is 5.02 Å². The highest BCUT2D eigenvalue weighted by Gasteiger charge is 2.15. The summed E-state index contributed by atoms with van der Waals surface area (Å²) in [6.07, 6.45) is 1.64. The molecule has 1 aromatic carbocycles. The molecule has 88 valence electrons. The van der Waals surface area contributed by atoms with Gasteiger partial charge in [-0.05, 0) is 30.8 Å². The highest BCUT2D eigenvalue weighted by atomic mass is 35.5. The summed E-state index contributed by atoms with van der Waals surface area (Å²) in [4.78, 5) is 4.31. The lowest BCUT2D eigenvalue weighted by atomic mass is 10.0. The smallest absolute Gasteiger partial charge is 0.0763 e. The molecule has 1 N–H and O–H groups in total. The molecule has 0 bridgehead atoms. The van der Waals surface area contributed by atoms with Crippen molar-refractivity contribution in [2.24, 2.45) is 0 Å². The zero-order valence-corrected chi connectivity index (χ0v) is 10.8. The van der Waals surface area contributed by atoms with Crippen molar-refractivity contribution < 1.29 is 0 Å². The first-order valence-corrected chi connectivity index (χ1v) is 6.01. The minimum absolute atomic E-state index is 0.0269. The van der Waals surface area contributed by atoms with Crippen LogP contribution >= 0.6 is 23.2 Å². The summed E-state index contributed by atoms with van der Waals surface area (Å²) in [7, 11) is 1.88. The molecule has 2 rings (SSSR count). The SMILES string of the molecule is CNC(c1ccc(Cl)cn1)c1ccccc1Cl. The van der Waals surface area contributed by atoms with Crippen LogP contribution in [-0.4, -0.2) is 12.0 Å². The topological polar surface area (TPSA) is 24.9 Å². The van der Waals surface area contributed by atoms with Crippen molar-refractivity contribution in [3.05, 3.63) is 63.9 Å². The van der Waals surface area contributed by atoms with Crippen LogP contribution in [-0.2, 0) is 0 Å². The Morgan fingerprint density at radius 3 is 2.47 bits per heavy atom. The van der Waals surface area contributed by atoms with Crippen LogP contribution in [0.15, 0.2) is 42.6 Å². The largest absolute Gasteiger partial charge is 0.308 e. The molecule has 0 fully saturated rings. The van der Waals surface area contributed by atoms with Gasteiger partial charge in [-0.3, -0.25) is 4.98 Å². The molecule has 0 amide bonds. The molecule has 0 radical (unpaired) electrons. The molecule has 2 nitrogen and oxygen atoms in total. The molecule has 1 unspecified atom stereocenters. The van der Waals surface area contributed by atoms with Gasteiger partial charge in [0.15, 0.2) is 0 Å². The van der Waals surface area contributed by atoms with Gasteiger partial charge < -0.3 is 5.32 Å². The van der Waals surface area contributed by atoms with Crippen LogP contribution < -0.4 is 5.32 Å². The van der Waals surface area contributed by atoms with Gasteiger partial charge in [0.1, 0.15) is 0 Å². The van der Waals surface area contributed by atoms with Gasteiger partial charge >= 0.3 is 0 Å². The summed E-state index contributed by atoms with van der Waals surface area (Å²) >= 11 is 12.0. The Bertz CT molecular complexity index is 497. The second kappa shape index (κ2) is 5.50. The fourth-order valence-electron chi connectivity index (χ4n) is 1.73. The maximum atomic E-state index is 6.19. The second-order valence-electron chi connectivity index (χ2n) is 3.64. The molecule has 0 saturated carbocycles. The van der Waals surface area contributed by atoms with Crippen molar-refractivity contribution in [3.8, 4) is 0 Å². The fraction of sp³-hybridized carbons (Fsp3) is 0.154. The Kier molecular flexibility index (Phi) is 4.00. The van der Waals surface area contributed by atoms with Crippen LogP contribution in [0.2, 0.25) is 10.0 Å². The number of rotatable bonds is 3. The molecule has 1 heterocycles. The van der Waals surface area contributed by atoms with Crippen LogP contribution in [0.25, 0.3) is 0 Å². The summed E-state index contributed by atoms with van der Waals surface area (Å²) in [5.41, 5.74) is 1.90. The maximum Gasteiger partial charge on any atom is 0.0763 e. The summed E-state index contributed by atoms with van der Waals surface area (Å²) in [5.74, 6) is 0. The quantitative estimate of drug-likeness (QED) is 0.917. The Morgan fingerprint density at radius 2 is 1.88 bits per heavy atom. The normalized spacial score (nSPS) is 12.4. The van der Waals surface area contributed by atoms with Crippen LogP contribution in [0.1, 0.15) is 17.3 Å². The summed E-state index contributed by atoms with van der Waals surface area (Å²) < 4.78 is 0. The molecule has 0 aliphatic carbocycles. The molecule has 17 heavy (non-hydrogen) atoms. The highest BCUT2D eigenvalue weighted by molar-refractivity contribution is 6.31. The van der Waals surface area contributed by atoms with Crippen LogP contribution in [0.3, 0.4) is 0 Å². The lowest BCUT2D eigenvalue weighted by Gasteiger charge is -2.17. The van der Waals surface area contributed by atoms with Crippen molar-refractivity contribution >= 4 is 23.2 Å². The van der Waals surface area contributed by atoms with Gasteiger partial charge in [-0.1, -0.05) is 41.4 Å². The Morgan fingerprint density at radius 1 is 1.12 bits per heavy atom. The third-order valence-electron chi connectivity index (χ3n) is 2.55. The standard InChI is InChI=1S/C13H12Cl2N2/c1-16-13(10-4-2-3-5-11(10)15)12-7-6-9(14)8-17-12/h2-8,13,16H,1H3. The molecule has 0 aliphatic rings. The Hall–Kier alpha value is -1.09. The average Bonchev–Trinajstić information content (AvgIpc) is 2.35. The molecule has 1 atom stereocenters. The monoisotopic (exact) mass is 266 g/mol. The molecular weight excluding hydrogens is 255 g/mol. The van der Waals surface area contributed by atoms with Gasteiger partial charge in [-0.15, -0.1) is 0 Å². The fourth-order valence-corrected chi connectivity index (χ4v) is 2.09. The van der Waals surface area contributed by atoms with Crippen molar-refractivity contribution in [2.45, 2.75) is 6.04 Å². The first-order chi connectivity index (χ1) is 8.22. The lowest BCUT2D eigenvalue weighted by molar-refractivity contribution is 0.671. The summed E-state index contributed by atoms with van der Waals surface area (Å²) in [6.45, 7) is 0. The molecule has 0 saturated heterocycles. The predicted octanol–water partition coefficient (Wildman–Crippen LogP) is 3.70. The van der Waals surface area contributed by atoms with E-state index in [0.717, 1.165) is 16.3 Å². The first-order valence-electron chi connectivity index (χ1n) is 5.25. The molecule has 4 heteroatoms. The van der Waals surface area contributed by atoms with Crippen LogP contribution in [0.5, 0.6) is 0 Å². The van der Waals surface area contributed by atoms with Crippen LogP contribution in [0, 0.1) is 0 Å². The van der Waals surface area contributed by atoms with E-state index in [1.165, 1.54) is 0 Å². The number of aromatic nitrogens is 1. The highest BCUT2D eigenvalue weighted by Crippen LogP contribution is 2.27. The number of nitrogens with one attached hydrogen (secondary N) is 1. The van der Waals surface area contributed by atoms with E-state index in [-0.39, 0.29) is 6.04 Å². The molecular formula is C13H12Cl2N2. The van der Waals surface area contributed by atoms with E-state index >= 15 is 0 Å². The zero-order valence-electron chi connectivity index (χ0n) is 9.32. The number of hydrogen-bond acceptors (Lipinski definition) is 2. The number of pyridine rings is 1. The predicted molar refractivity (Wildman–Crippen MR) is 71.6 cm³/mol. The van der Waals surface area contributed by atoms with Crippen molar-refractivity contribution in [1.29, 1.82) is 0 Å². The summed E-state index contributed by atoms with van der Waals surface area (Å²) in [6, 6.07) is 11.4. The zero-order chi connectivity index (χ0) is 12.3. The van der Waals surface area contributed by atoms with Crippen LogP contribution in [0.4, 0.5) is 0 Å². The van der Waals surface area contributed by atoms with Gasteiger partial charge in [-0.25, -0.2) is 0 Å². The minimum atomic E-state index is -0.0269. The third kappa shape index (κ3) is 2.78. The van der Waals surface area contributed by atoms with Gasteiger partial charge in [-0.2, -0.15) is 0 Å². The molecule has 1 aromatic heterocycles. The first kappa shape index (κ1) is 12.4. The minimum Gasteiger partial charge on any atom is -0.308 e. The summed E-state index contributed by atoms with van der Waals surface area (Å²) in [5, 5.41) is 4.56. The molecule has 2 aromatic rings. The van der Waals surface area contributed by atoms with Gasteiger partial charge in [0.25, 0.3) is 0 Å². The van der Waals surface area contributed by atoms with E-state index in [4.69, 9.17) is 23.2 Å². The van der Waals surface area contributed by atoms with E-state index in [1.54, 1.807) is 6.20 Å². The van der Waals surface area contributed by atoms with Crippen molar-refractivity contribution in [3.63, 3.8) is 0 Å². The maximum absolute atomic E-state index is 6.19. The number of benzene rings is 1. The van der Waals surface area contributed by atoms with E-state index in [2.05, 4.69) is 10.3 Å². The molecule has 0 aliphatic heterocycles. The third-order valence-corrected chi connectivity index (χ3v) is 3.12. The van der Waals surface area contributed by atoms with Crippen molar-refractivity contribution in [1.82, 2.24) is 10.3 Å². The van der Waals surface area contributed by atoms with Gasteiger partial charge in [0.05, 0.1) is 16.8 Å². The van der Waals surface area contributed by atoms with Gasteiger partial charge in [0, 0.05) is 11.2 Å². The van der Waals surface area contributed by atoms with E-state index in [1.807, 2.05) is 43.4 Å². The Balaban J connectivity index is 2.40. The number of halogens is 2.